The Hall–Kier alpha value is -1.89. The largest absolute Gasteiger partial charge is 0.378 e. The van der Waals surface area contributed by atoms with Crippen molar-refractivity contribution in [3.05, 3.63) is 54.3 Å². The van der Waals surface area contributed by atoms with E-state index < -0.39 is 10.2 Å². The van der Waals surface area contributed by atoms with Crippen molar-refractivity contribution >= 4 is 33.5 Å². The highest BCUT2D eigenvalue weighted by molar-refractivity contribution is 7.97. The van der Waals surface area contributed by atoms with Crippen LogP contribution in [0.1, 0.15) is 51.4 Å². The number of anilines is 2. The first-order valence-corrected chi connectivity index (χ1v) is 19.1. The number of hydrogen-bond donors (Lipinski definition) is 0. The molecule has 0 atom stereocenters. The minimum atomic E-state index is -3.60. The molecule has 1 saturated carbocycles. The minimum absolute atomic E-state index is 0.266. The van der Waals surface area contributed by atoms with Gasteiger partial charge in [0, 0.05) is 89.3 Å². The van der Waals surface area contributed by atoms with Crippen LogP contribution < -0.4 is 9.80 Å². The van der Waals surface area contributed by atoms with Crippen molar-refractivity contribution in [3.8, 4) is 0 Å². The van der Waals surface area contributed by atoms with Gasteiger partial charge in [-0.2, -0.15) is 17.0 Å². The van der Waals surface area contributed by atoms with Crippen molar-refractivity contribution < 1.29 is 12.8 Å². The lowest BCUT2D eigenvalue weighted by atomic mass is 9.89. The molecule has 45 heavy (non-hydrogen) atoms. The summed E-state index contributed by atoms with van der Waals surface area (Å²) in [5.41, 5.74) is 1.99. The van der Waals surface area contributed by atoms with Crippen LogP contribution in [0.15, 0.2) is 53.4 Å². The number of halogens is 1. The minimum Gasteiger partial charge on any atom is -0.378 e. The van der Waals surface area contributed by atoms with Gasteiger partial charge in [0.25, 0.3) is 10.2 Å². The van der Waals surface area contributed by atoms with E-state index in [1.165, 1.54) is 54.8 Å². The third kappa shape index (κ3) is 10.0. The number of hydrogen-bond acceptors (Lipinski definition) is 7. The van der Waals surface area contributed by atoms with E-state index in [0.717, 1.165) is 63.6 Å². The van der Waals surface area contributed by atoms with Crippen molar-refractivity contribution in [2.75, 3.05) is 95.9 Å². The third-order valence-electron chi connectivity index (χ3n) is 9.47. The Morgan fingerprint density at radius 3 is 2.02 bits per heavy atom. The zero-order chi connectivity index (χ0) is 31.6. The maximum atomic E-state index is 14.0. The molecule has 2 aromatic carbocycles. The second kappa shape index (κ2) is 16.8. The van der Waals surface area contributed by atoms with E-state index in [1.807, 2.05) is 6.07 Å². The zero-order valence-corrected chi connectivity index (χ0v) is 29.0. The molecule has 0 unspecified atom stereocenters. The lowest BCUT2D eigenvalue weighted by molar-refractivity contribution is 0.185. The molecule has 250 valence electrons. The van der Waals surface area contributed by atoms with Gasteiger partial charge in [0.2, 0.25) is 0 Å². The molecule has 0 N–H and O–H groups in total. The molecule has 2 aromatic rings. The van der Waals surface area contributed by atoms with Crippen LogP contribution in [0.25, 0.3) is 0 Å². The average molecular weight is 661 g/mol. The maximum Gasteiger partial charge on any atom is 0.282 e. The maximum absolute atomic E-state index is 14.0. The average Bonchev–Trinajstić information content (AvgIpc) is 3.04. The summed E-state index contributed by atoms with van der Waals surface area (Å²) in [5.74, 6) is 0.499. The van der Waals surface area contributed by atoms with Gasteiger partial charge in [-0.15, -0.1) is 0 Å². The van der Waals surface area contributed by atoms with E-state index in [0.29, 0.717) is 39.3 Å². The van der Waals surface area contributed by atoms with Gasteiger partial charge in [-0.25, -0.2) is 8.70 Å². The van der Waals surface area contributed by atoms with Crippen LogP contribution in [-0.2, 0) is 10.2 Å². The summed E-state index contributed by atoms with van der Waals surface area (Å²) < 4.78 is 47.8. The van der Waals surface area contributed by atoms with E-state index in [1.54, 1.807) is 26.6 Å². The quantitative estimate of drug-likeness (QED) is 0.340. The molecule has 1 aliphatic carbocycles. The van der Waals surface area contributed by atoms with Gasteiger partial charge in [0.1, 0.15) is 5.82 Å². The third-order valence-corrected chi connectivity index (χ3v) is 12.6. The van der Waals surface area contributed by atoms with Crippen LogP contribution >= 0.6 is 11.9 Å². The number of rotatable bonds is 8. The fourth-order valence-electron chi connectivity index (χ4n) is 6.91. The first kappa shape index (κ1) is 34.4. The monoisotopic (exact) mass is 660 g/mol. The van der Waals surface area contributed by atoms with Crippen molar-refractivity contribution in [1.29, 1.82) is 0 Å². The normalized spacial score (nSPS) is 21.7. The highest BCUT2D eigenvalue weighted by Gasteiger charge is 2.32. The van der Waals surface area contributed by atoms with E-state index in [4.69, 9.17) is 0 Å². The van der Waals surface area contributed by atoms with Crippen LogP contribution in [0.3, 0.4) is 0 Å². The molecular weight excluding hydrogens is 608 g/mol. The van der Waals surface area contributed by atoms with Crippen LogP contribution in [-0.4, -0.2) is 112 Å². The van der Waals surface area contributed by atoms with Gasteiger partial charge >= 0.3 is 0 Å². The van der Waals surface area contributed by atoms with E-state index in [9.17, 15) is 12.8 Å². The zero-order valence-electron chi connectivity index (χ0n) is 27.3. The Bertz CT molecular complexity index is 1280. The van der Waals surface area contributed by atoms with Crippen molar-refractivity contribution in [1.82, 2.24) is 17.8 Å². The SMILES string of the molecule is CN(C)c1ccc(SN2CCCN(CC3CCCCC3)CCCN(S(=O)(=O)N3CCN(c4cccc(F)c4)CC3)CCC2)cc1. The van der Waals surface area contributed by atoms with Crippen LogP contribution in [0.5, 0.6) is 0 Å². The number of piperazine rings is 1. The number of nitrogens with zero attached hydrogens (tertiary/aromatic N) is 6. The summed E-state index contributed by atoms with van der Waals surface area (Å²) in [6, 6.07) is 15.3. The van der Waals surface area contributed by atoms with Gasteiger partial charge in [-0.05, 0) is 106 Å². The van der Waals surface area contributed by atoms with Gasteiger partial charge in [0.05, 0.1) is 0 Å². The number of benzene rings is 2. The Morgan fingerprint density at radius 1 is 0.756 bits per heavy atom. The highest BCUT2D eigenvalue weighted by atomic mass is 32.2. The molecular formula is C34H53FN6O2S2. The van der Waals surface area contributed by atoms with E-state index in [2.05, 4.69) is 57.4 Å². The molecule has 3 aliphatic rings. The molecule has 0 bridgehead atoms. The highest BCUT2D eigenvalue weighted by Crippen LogP contribution is 2.28. The summed E-state index contributed by atoms with van der Waals surface area (Å²) in [7, 11) is 0.510. The Kier molecular flexibility index (Phi) is 12.8. The molecule has 3 fully saturated rings. The lowest BCUT2D eigenvalue weighted by Crippen LogP contribution is -2.53. The fraction of sp³-hybridized carbons (Fsp3) is 0.647. The summed E-state index contributed by atoms with van der Waals surface area (Å²) in [6.07, 6.45) is 9.45. The standard InChI is InChI=1S/C34H53FN6O2S2/c1-36(2)32-14-16-34(17-15-32)44-39-20-7-18-37(29-30-10-4-3-5-11-30)19-8-22-40(23-9-21-39)45(42,43)41-26-24-38(25-27-41)33-13-6-12-31(35)28-33/h6,12-17,28,30H,3-5,7-11,18-27,29H2,1-2H3. The molecule has 0 amide bonds. The molecule has 2 saturated heterocycles. The molecule has 11 heteroatoms. The summed E-state index contributed by atoms with van der Waals surface area (Å²) in [5, 5.41) is 0. The molecule has 8 nitrogen and oxygen atoms in total. The molecule has 0 aromatic heterocycles. The first-order chi connectivity index (χ1) is 21.8. The summed E-state index contributed by atoms with van der Waals surface area (Å²) in [6.45, 7) is 7.95. The summed E-state index contributed by atoms with van der Waals surface area (Å²) >= 11 is 1.79. The molecule has 0 spiro atoms. The van der Waals surface area contributed by atoms with E-state index >= 15 is 0 Å². The lowest BCUT2D eigenvalue weighted by Gasteiger charge is -2.38. The summed E-state index contributed by atoms with van der Waals surface area (Å²) in [4.78, 5) is 8.03. The van der Waals surface area contributed by atoms with Crippen LogP contribution in [0.2, 0.25) is 0 Å². The molecule has 5 rings (SSSR count). The molecule has 2 heterocycles. The van der Waals surface area contributed by atoms with E-state index in [-0.39, 0.29) is 5.82 Å². The topological polar surface area (TPSA) is 53.6 Å². The predicted molar refractivity (Wildman–Crippen MR) is 186 cm³/mol. The van der Waals surface area contributed by atoms with Gasteiger partial charge in [0.15, 0.2) is 0 Å². The van der Waals surface area contributed by atoms with Crippen LogP contribution in [0.4, 0.5) is 15.8 Å². The van der Waals surface area contributed by atoms with Crippen molar-refractivity contribution in [2.45, 2.75) is 56.3 Å². The first-order valence-electron chi connectivity index (χ1n) is 17.0. The van der Waals surface area contributed by atoms with Crippen molar-refractivity contribution in [2.24, 2.45) is 5.92 Å². The Morgan fingerprint density at radius 2 is 1.38 bits per heavy atom. The second-order valence-electron chi connectivity index (χ2n) is 13.0. The van der Waals surface area contributed by atoms with Crippen molar-refractivity contribution in [3.63, 3.8) is 0 Å². The van der Waals surface area contributed by atoms with Gasteiger partial charge < -0.3 is 14.7 Å². The van der Waals surface area contributed by atoms with Gasteiger partial charge in [-0.3, -0.25) is 0 Å². The smallest absolute Gasteiger partial charge is 0.282 e. The fourth-order valence-corrected chi connectivity index (χ4v) is 9.57. The second-order valence-corrected chi connectivity index (χ2v) is 16.1. The van der Waals surface area contributed by atoms with Gasteiger partial charge in [-0.1, -0.05) is 25.3 Å². The Balaban J connectivity index is 1.25. The predicted octanol–water partition coefficient (Wildman–Crippen LogP) is 5.64. The molecule has 2 aliphatic heterocycles. The van der Waals surface area contributed by atoms with Crippen LogP contribution in [0, 0.1) is 11.7 Å². The Labute approximate surface area is 275 Å². The molecule has 0 radical (unpaired) electrons.